The third kappa shape index (κ3) is 5.16. The van der Waals surface area contributed by atoms with Crippen molar-refractivity contribution in [3.63, 3.8) is 0 Å². The highest BCUT2D eigenvalue weighted by atomic mass is 16.5. The van der Waals surface area contributed by atoms with Gasteiger partial charge in [-0.1, -0.05) is 57.4 Å². The average molecular weight is 224 g/mol. The van der Waals surface area contributed by atoms with Crippen LogP contribution in [-0.2, 0) is 4.74 Å². The van der Waals surface area contributed by atoms with Crippen molar-refractivity contribution in [2.45, 2.75) is 70.3 Å². The van der Waals surface area contributed by atoms with Gasteiger partial charge in [0.25, 0.3) is 0 Å². The first-order chi connectivity index (χ1) is 7.88. The Labute approximate surface area is 101 Å². The molecule has 0 N–H and O–H groups in total. The van der Waals surface area contributed by atoms with Gasteiger partial charge in [-0.3, -0.25) is 0 Å². The first-order valence-electron chi connectivity index (χ1n) is 7.04. The predicted octanol–water partition coefficient (Wildman–Crippen LogP) is 4.72. The normalized spacial score (nSPS) is 30.1. The van der Waals surface area contributed by atoms with Crippen LogP contribution in [0.15, 0.2) is 12.7 Å². The molecule has 0 amide bonds. The molecule has 1 heteroatoms. The molecule has 0 bridgehead atoms. The van der Waals surface area contributed by atoms with Crippen molar-refractivity contribution in [1.29, 1.82) is 0 Å². The fraction of sp³-hybridized carbons (Fsp3) is 0.867. The standard InChI is InChI=1S/C15H28O/c1-3-14-12-10-8-6-4-5-7-9-11-13-15(14)16-2/h3,14-15H,1,4-13H2,2H3. The Morgan fingerprint density at radius 3 is 1.88 bits per heavy atom. The van der Waals surface area contributed by atoms with Crippen molar-refractivity contribution in [3.8, 4) is 0 Å². The quantitative estimate of drug-likeness (QED) is 0.617. The molecule has 0 spiro atoms. The van der Waals surface area contributed by atoms with Crippen molar-refractivity contribution in [1.82, 2.24) is 0 Å². The van der Waals surface area contributed by atoms with E-state index in [1.807, 2.05) is 7.11 Å². The van der Waals surface area contributed by atoms with E-state index in [-0.39, 0.29) is 0 Å². The fourth-order valence-electron chi connectivity index (χ4n) is 2.75. The van der Waals surface area contributed by atoms with E-state index in [2.05, 4.69) is 12.7 Å². The predicted molar refractivity (Wildman–Crippen MR) is 70.7 cm³/mol. The molecule has 0 aromatic carbocycles. The minimum absolute atomic E-state index is 0.414. The maximum absolute atomic E-state index is 5.63. The van der Waals surface area contributed by atoms with Gasteiger partial charge in [-0.05, 0) is 12.8 Å². The molecule has 1 saturated carbocycles. The van der Waals surface area contributed by atoms with Crippen LogP contribution in [0.4, 0.5) is 0 Å². The molecule has 1 rings (SSSR count). The van der Waals surface area contributed by atoms with Crippen molar-refractivity contribution in [2.75, 3.05) is 7.11 Å². The lowest BCUT2D eigenvalue weighted by atomic mass is 9.90. The molecule has 0 heterocycles. The second-order valence-corrected chi connectivity index (χ2v) is 5.08. The molecule has 94 valence electrons. The summed E-state index contributed by atoms with van der Waals surface area (Å²) >= 11 is 0. The van der Waals surface area contributed by atoms with Gasteiger partial charge < -0.3 is 4.74 Å². The maximum Gasteiger partial charge on any atom is 0.0633 e. The minimum Gasteiger partial charge on any atom is -0.381 e. The maximum atomic E-state index is 5.63. The van der Waals surface area contributed by atoms with Crippen molar-refractivity contribution < 1.29 is 4.74 Å². The summed E-state index contributed by atoms with van der Waals surface area (Å²) in [5.74, 6) is 0.574. The van der Waals surface area contributed by atoms with Gasteiger partial charge in [0.15, 0.2) is 0 Å². The molecular formula is C15H28O. The third-order valence-electron chi connectivity index (χ3n) is 3.86. The van der Waals surface area contributed by atoms with E-state index in [1.165, 1.54) is 64.2 Å². The molecule has 2 unspecified atom stereocenters. The van der Waals surface area contributed by atoms with Gasteiger partial charge in [-0.2, -0.15) is 0 Å². The van der Waals surface area contributed by atoms with Gasteiger partial charge in [0.1, 0.15) is 0 Å². The molecule has 1 aliphatic rings. The van der Waals surface area contributed by atoms with Crippen LogP contribution in [0.25, 0.3) is 0 Å². The summed E-state index contributed by atoms with van der Waals surface area (Å²) in [6.07, 6.45) is 16.1. The first-order valence-corrected chi connectivity index (χ1v) is 7.04. The van der Waals surface area contributed by atoms with Crippen LogP contribution in [0, 0.1) is 5.92 Å². The van der Waals surface area contributed by atoms with E-state index in [0.29, 0.717) is 12.0 Å². The van der Waals surface area contributed by atoms with Gasteiger partial charge in [0, 0.05) is 13.0 Å². The van der Waals surface area contributed by atoms with Gasteiger partial charge in [0.05, 0.1) is 6.10 Å². The summed E-state index contributed by atoms with van der Waals surface area (Å²) in [5, 5.41) is 0. The minimum atomic E-state index is 0.414. The smallest absolute Gasteiger partial charge is 0.0633 e. The summed E-state index contributed by atoms with van der Waals surface area (Å²) < 4.78 is 5.63. The van der Waals surface area contributed by atoms with Crippen molar-refractivity contribution in [3.05, 3.63) is 12.7 Å². The number of ether oxygens (including phenoxy) is 1. The van der Waals surface area contributed by atoms with Crippen LogP contribution in [-0.4, -0.2) is 13.2 Å². The zero-order valence-electron chi connectivity index (χ0n) is 10.9. The highest BCUT2D eigenvalue weighted by Gasteiger charge is 2.17. The highest BCUT2D eigenvalue weighted by molar-refractivity contribution is 4.85. The van der Waals surface area contributed by atoms with Crippen LogP contribution in [0.3, 0.4) is 0 Å². The van der Waals surface area contributed by atoms with Gasteiger partial charge in [0.2, 0.25) is 0 Å². The van der Waals surface area contributed by atoms with Crippen molar-refractivity contribution in [2.24, 2.45) is 5.92 Å². The lowest BCUT2D eigenvalue weighted by Gasteiger charge is -2.24. The Hall–Kier alpha value is -0.300. The van der Waals surface area contributed by atoms with Gasteiger partial charge in [-0.25, -0.2) is 0 Å². The molecule has 1 nitrogen and oxygen atoms in total. The van der Waals surface area contributed by atoms with Crippen LogP contribution < -0.4 is 0 Å². The molecule has 1 aliphatic carbocycles. The van der Waals surface area contributed by atoms with E-state index in [0.717, 1.165) is 0 Å². The van der Waals surface area contributed by atoms with Crippen LogP contribution >= 0.6 is 0 Å². The molecule has 0 aromatic rings. The summed E-state index contributed by atoms with van der Waals surface area (Å²) in [4.78, 5) is 0. The van der Waals surface area contributed by atoms with E-state index >= 15 is 0 Å². The Morgan fingerprint density at radius 2 is 1.38 bits per heavy atom. The number of hydrogen-bond donors (Lipinski definition) is 0. The Balaban J connectivity index is 2.41. The van der Waals surface area contributed by atoms with Gasteiger partial charge in [-0.15, -0.1) is 6.58 Å². The van der Waals surface area contributed by atoms with E-state index < -0.39 is 0 Å². The van der Waals surface area contributed by atoms with Crippen LogP contribution in [0.5, 0.6) is 0 Å². The molecule has 0 aromatic heterocycles. The second kappa shape index (κ2) is 8.81. The number of hydrogen-bond acceptors (Lipinski definition) is 1. The highest BCUT2D eigenvalue weighted by Crippen LogP contribution is 2.23. The molecule has 1 fully saturated rings. The van der Waals surface area contributed by atoms with E-state index in [9.17, 15) is 0 Å². The van der Waals surface area contributed by atoms with E-state index in [1.54, 1.807) is 0 Å². The Kier molecular flexibility index (Phi) is 7.58. The molecular weight excluding hydrogens is 196 g/mol. The number of rotatable bonds is 2. The van der Waals surface area contributed by atoms with Crippen molar-refractivity contribution >= 4 is 0 Å². The molecule has 0 aliphatic heterocycles. The summed E-state index contributed by atoms with van der Waals surface area (Å²) in [7, 11) is 1.85. The number of methoxy groups -OCH3 is 1. The summed E-state index contributed by atoms with van der Waals surface area (Å²) in [6, 6.07) is 0. The average Bonchev–Trinajstić information content (AvgIpc) is 2.30. The monoisotopic (exact) mass is 224 g/mol. The third-order valence-corrected chi connectivity index (χ3v) is 3.86. The van der Waals surface area contributed by atoms with E-state index in [4.69, 9.17) is 4.74 Å². The topological polar surface area (TPSA) is 9.23 Å². The first kappa shape index (κ1) is 13.8. The SMILES string of the molecule is C=CC1CCCCCCCCCCC1OC. The Morgan fingerprint density at radius 1 is 0.875 bits per heavy atom. The van der Waals surface area contributed by atoms with Crippen LogP contribution in [0.1, 0.15) is 64.2 Å². The second-order valence-electron chi connectivity index (χ2n) is 5.08. The zero-order valence-corrected chi connectivity index (χ0v) is 10.9. The molecule has 0 radical (unpaired) electrons. The summed E-state index contributed by atoms with van der Waals surface area (Å²) in [6.45, 7) is 3.97. The lowest BCUT2D eigenvalue weighted by Crippen LogP contribution is -2.21. The zero-order chi connectivity index (χ0) is 11.6. The fourth-order valence-corrected chi connectivity index (χ4v) is 2.75. The van der Waals surface area contributed by atoms with Crippen LogP contribution in [0.2, 0.25) is 0 Å². The Bertz CT molecular complexity index is 176. The lowest BCUT2D eigenvalue weighted by molar-refractivity contribution is 0.0554. The molecule has 0 saturated heterocycles. The van der Waals surface area contributed by atoms with Gasteiger partial charge >= 0.3 is 0 Å². The largest absolute Gasteiger partial charge is 0.381 e. The summed E-state index contributed by atoms with van der Waals surface area (Å²) in [5.41, 5.74) is 0. The molecule has 16 heavy (non-hydrogen) atoms. The molecule has 2 atom stereocenters.